The fourth-order valence-electron chi connectivity index (χ4n) is 5.60. The normalized spacial score (nSPS) is 13.8. The molecule has 0 fully saturated rings. The Morgan fingerprint density at radius 2 is 0.800 bits per heavy atom. The number of aliphatic hydroxyl groups is 3. The van der Waals surface area contributed by atoms with Crippen LogP contribution in [0.25, 0.3) is 0 Å². The summed E-state index contributed by atoms with van der Waals surface area (Å²) in [6.45, 7) is 4.21. The molecular formula is C35H71NO4. The molecule has 0 saturated heterocycles. The van der Waals surface area contributed by atoms with Crippen LogP contribution in [0.1, 0.15) is 194 Å². The molecule has 0 aliphatic rings. The van der Waals surface area contributed by atoms with Crippen LogP contribution in [0.4, 0.5) is 0 Å². The van der Waals surface area contributed by atoms with Crippen LogP contribution in [0.15, 0.2) is 0 Å². The summed E-state index contributed by atoms with van der Waals surface area (Å²) < 4.78 is 0. The lowest BCUT2D eigenvalue weighted by Crippen LogP contribution is -2.49. The fourth-order valence-corrected chi connectivity index (χ4v) is 5.60. The molecule has 40 heavy (non-hydrogen) atoms. The summed E-state index contributed by atoms with van der Waals surface area (Å²) in [5.41, 5.74) is 0. The topological polar surface area (TPSA) is 89.8 Å². The summed E-state index contributed by atoms with van der Waals surface area (Å²) in [7, 11) is 0. The molecule has 0 aromatic heterocycles. The van der Waals surface area contributed by atoms with E-state index in [2.05, 4.69) is 19.2 Å². The molecule has 3 atom stereocenters. The summed E-state index contributed by atoms with van der Waals surface area (Å²) in [5, 5.41) is 33.0. The minimum atomic E-state index is -1.06. The molecule has 0 aromatic carbocycles. The van der Waals surface area contributed by atoms with E-state index in [4.69, 9.17) is 0 Å². The van der Waals surface area contributed by atoms with Gasteiger partial charge in [-0.2, -0.15) is 0 Å². The molecule has 0 bridgehead atoms. The molecule has 5 nitrogen and oxygen atoms in total. The Morgan fingerprint density at radius 3 is 1.12 bits per heavy atom. The minimum Gasteiger partial charge on any atom is -0.394 e. The standard InChI is InChI=1S/C35H71NO4/c1-3-5-7-9-11-13-15-17-19-21-23-25-27-29-33(38)32(31-37)36-35(40)34(39)30-28-26-24-22-20-18-16-14-12-10-8-6-4-2/h32-34,37-39H,3-31H2,1-2H3,(H,36,40)/t32-,33+,34+/m0/s1. The minimum absolute atomic E-state index is 0.309. The third-order valence-corrected chi connectivity index (χ3v) is 8.48. The first-order chi connectivity index (χ1) is 19.6. The van der Waals surface area contributed by atoms with E-state index in [0.29, 0.717) is 12.8 Å². The Kier molecular flexibility index (Phi) is 30.8. The highest BCUT2D eigenvalue weighted by molar-refractivity contribution is 5.80. The van der Waals surface area contributed by atoms with Crippen molar-refractivity contribution in [3.8, 4) is 0 Å². The lowest BCUT2D eigenvalue weighted by molar-refractivity contribution is -0.131. The number of unbranched alkanes of at least 4 members (excludes halogenated alkanes) is 24. The maximum atomic E-state index is 12.4. The van der Waals surface area contributed by atoms with E-state index in [1.165, 1.54) is 135 Å². The second-order valence-corrected chi connectivity index (χ2v) is 12.4. The van der Waals surface area contributed by atoms with E-state index in [1.54, 1.807) is 0 Å². The number of hydrogen-bond acceptors (Lipinski definition) is 4. The number of carbonyl (C=O) groups is 1. The van der Waals surface area contributed by atoms with E-state index in [0.717, 1.165) is 32.1 Å². The van der Waals surface area contributed by atoms with Gasteiger partial charge in [0.25, 0.3) is 0 Å². The Labute approximate surface area is 249 Å². The Balaban J connectivity index is 3.68. The van der Waals surface area contributed by atoms with E-state index >= 15 is 0 Å². The van der Waals surface area contributed by atoms with Crippen LogP contribution in [0.2, 0.25) is 0 Å². The highest BCUT2D eigenvalue weighted by atomic mass is 16.3. The first-order valence-electron chi connectivity index (χ1n) is 17.8. The van der Waals surface area contributed by atoms with Crippen molar-refractivity contribution < 1.29 is 20.1 Å². The zero-order chi connectivity index (χ0) is 29.5. The molecule has 0 aliphatic heterocycles. The van der Waals surface area contributed by atoms with Crippen molar-refractivity contribution in [1.82, 2.24) is 5.32 Å². The third kappa shape index (κ3) is 26.3. The third-order valence-electron chi connectivity index (χ3n) is 8.48. The van der Waals surface area contributed by atoms with Gasteiger partial charge in [-0.05, 0) is 12.8 Å². The van der Waals surface area contributed by atoms with Crippen LogP contribution in [-0.4, -0.2) is 46.1 Å². The van der Waals surface area contributed by atoms with Crippen LogP contribution in [0.5, 0.6) is 0 Å². The molecule has 0 rings (SSSR count). The van der Waals surface area contributed by atoms with Gasteiger partial charge >= 0.3 is 0 Å². The zero-order valence-corrected chi connectivity index (χ0v) is 27.0. The average molecular weight is 570 g/mol. The summed E-state index contributed by atoms with van der Waals surface area (Å²) in [4.78, 5) is 12.4. The molecule has 240 valence electrons. The molecule has 0 radical (unpaired) electrons. The van der Waals surface area contributed by atoms with Crippen LogP contribution >= 0.6 is 0 Å². The van der Waals surface area contributed by atoms with Crippen molar-refractivity contribution in [3.63, 3.8) is 0 Å². The molecule has 1 amide bonds. The van der Waals surface area contributed by atoms with E-state index < -0.39 is 24.2 Å². The zero-order valence-electron chi connectivity index (χ0n) is 27.0. The van der Waals surface area contributed by atoms with Gasteiger partial charge < -0.3 is 20.6 Å². The smallest absolute Gasteiger partial charge is 0.249 e. The maximum absolute atomic E-state index is 12.4. The van der Waals surface area contributed by atoms with E-state index in [9.17, 15) is 20.1 Å². The van der Waals surface area contributed by atoms with Crippen molar-refractivity contribution in [2.24, 2.45) is 0 Å². The summed E-state index contributed by atoms with van der Waals surface area (Å²) >= 11 is 0. The van der Waals surface area contributed by atoms with Crippen molar-refractivity contribution >= 4 is 5.91 Å². The Hall–Kier alpha value is -0.650. The van der Waals surface area contributed by atoms with E-state index in [-0.39, 0.29) is 6.61 Å². The molecule has 0 unspecified atom stereocenters. The molecular weight excluding hydrogens is 498 g/mol. The van der Waals surface area contributed by atoms with Crippen molar-refractivity contribution in [2.75, 3.05) is 6.61 Å². The van der Waals surface area contributed by atoms with Gasteiger partial charge in [0.05, 0.1) is 18.8 Å². The summed E-state index contributed by atoms with van der Waals surface area (Å²) in [6.07, 6.45) is 32.2. The number of aliphatic hydroxyl groups excluding tert-OH is 3. The van der Waals surface area contributed by atoms with Gasteiger partial charge in [-0.25, -0.2) is 0 Å². The van der Waals surface area contributed by atoms with Crippen molar-refractivity contribution in [3.05, 3.63) is 0 Å². The Bertz CT molecular complexity index is 516. The van der Waals surface area contributed by atoms with Crippen LogP contribution in [-0.2, 0) is 4.79 Å². The largest absolute Gasteiger partial charge is 0.394 e. The van der Waals surface area contributed by atoms with Crippen molar-refractivity contribution in [2.45, 2.75) is 212 Å². The lowest BCUT2D eigenvalue weighted by Gasteiger charge is -2.23. The van der Waals surface area contributed by atoms with Gasteiger partial charge in [-0.3, -0.25) is 4.79 Å². The van der Waals surface area contributed by atoms with E-state index in [1.807, 2.05) is 0 Å². The van der Waals surface area contributed by atoms with Crippen LogP contribution in [0.3, 0.4) is 0 Å². The van der Waals surface area contributed by atoms with Crippen molar-refractivity contribution in [1.29, 1.82) is 0 Å². The monoisotopic (exact) mass is 570 g/mol. The Morgan fingerprint density at radius 1 is 0.500 bits per heavy atom. The predicted octanol–water partition coefficient (Wildman–Crippen LogP) is 9.15. The second-order valence-electron chi connectivity index (χ2n) is 12.4. The highest BCUT2D eigenvalue weighted by Crippen LogP contribution is 2.15. The van der Waals surface area contributed by atoms with Gasteiger partial charge in [-0.15, -0.1) is 0 Å². The molecule has 5 heteroatoms. The number of rotatable bonds is 32. The number of nitrogens with one attached hydrogen (secondary N) is 1. The molecule has 0 saturated carbocycles. The van der Waals surface area contributed by atoms with Gasteiger partial charge in [0.15, 0.2) is 0 Å². The lowest BCUT2D eigenvalue weighted by atomic mass is 10.0. The number of hydrogen-bond donors (Lipinski definition) is 4. The second kappa shape index (κ2) is 31.3. The fraction of sp³-hybridized carbons (Fsp3) is 0.971. The van der Waals surface area contributed by atoms with Gasteiger partial charge in [0, 0.05) is 0 Å². The van der Waals surface area contributed by atoms with Gasteiger partial charge in [-0.1, -0.05) is 181 Å². The van der Waals surface area contributed by atoms with Crippen LogP contribution < -0.4 is 5.32 Å². The SMILES string of the molecule is CCCCCCCCCCCCCCC[C@@H](O)C(=O)N[C@@H](CO)[C@H](O)CCCCCCCCCCCCCCC. The van der Waals surface area contributed by atoms with Gasteiger partial charge in [0.1, 0.15) is 6.10 Å². The van der Waals surface area contributed by atoms with Crippen LogP contribution in [0, 0.1) is 0 Å². The number of amides is 1. The predicted molar refractivity (Wildman–Crippen MR) is 172 cm³/mol. The molecule has 0 heterocycles. The first-order valence-corrected chi connectivity index (χ1v) is 17.8. The molecule has 0 aliphatic carbocycles. The quantitative estimate of drug-likeness (QED) is 0.0608. The number of carbonyl (C=O) groups excluding carboxylic acids is 1. The average Bonchev–Trinajstić information content (AvgIpc) is 2.96. The summed E-state index contributed by atoms with van der Waals surface area (Å²) in [5.74, 6) is -0.470. The van der Waals surface area contributed by atoms with Gasteiger partial charge in [0.2, 0.25) is 5.91 Å². The summed E-state index contributed by atoms with van der Waals surface area (Å²) in [6, 6.07) is -0.703. The highest BCUT2D eigenvalue weighted by Gasteiger charge is 2.23. The maximum Gasteiger partial charge on any atom is 0.249 e. The first kappa shape index (κ1) is 39.4. The molecule has 0 spiro atoms. The molecule has 4 N–H and O–H groups in total. The molecule has 0 aromatic rings.